The molecule has 1 heterocycles. The first-order chi connectivity index (χ1) is 8.13. The Morgan fingerprint density at radius 2 is 2.12 bits per heavy atom. The third-order valence-electron chi connectivity index (χ3n) is 2.33. The zero-order chi connectivity index (χ0) is 12.8. The molecular weight excluding hydrogens is 242 g/mol. The van der Waals surface area contributed by atoms with Crippen LogP contribution in [0.5, 0.6) is 0 Å². The van der Waals surface area contributed by atoms with Crippen molar-refractivity contribution < 1.29 is 14.3 Å². The minimum atomic E-state index is -0.468. The topological polar surface area (TPSA) is 73.3 Å². The van der Waals surface area contributed by atoms with Gasteiger partial charge in [-0.3, -0.25) is 4.79 Å². The summed E-state index contributed by atoms with van der Waals surface area (Å²) in [5.41, 5.74) is 0.714. The summed E-state index contributed by atoms with van der Waals surface area (Å²) in [5, 5.41) is 6.69. The second-order valence-corrected chi connectivity index (χ2v) is 4.26. The minimum absolute atomic E-state index is 0.191. The van der Waals surface area contributed by atoms with Gasteiger partial charge in [0.15, 0.2) is 6.29 Å². The van der Waals surface area contributed by atoms with Crippen molar-refractivity contribution in [2.24, 2.45) is 0 Å². The summed E-state index contributed by atoms with van der Waals surface area (Å²) in [6.07, 6.45) is 0.218. The number of amides is 1. The largest absolute Gasteiger partial charge is 0.354 e. The van der Waals surface area contributed by atoms with Crippen LogP contribution >= 0.6 is 11.5 Å². The highest BCUT2D eigenvalue weighted by molar-refractivity contribution is 7.08. The zero-order valence-corrected chi connectivity index (χ0v) is 11.2. The first-order valence-corrected chi connectivity index (χ1v) is 6.09. The van der Waals surface area contributed by atoms with Crippen LogP contribution in [0.15, 0.2) is 0 Å². The van der Waals surface area contributed by atoms with E-state index in [1.54, 1.807) is 0 Å². The molecule has 1 unspecified atom stereocenters. The molecule has 17 heavy (non-hydrogen) atoms. The zero-order valence-electron chi connectivity index (χ0n) is 10.4. The van der Waals surface area contributed by atoms with Gasteiger partial charge in [-0.2, -0.15) is 0 Å². The Balaban J connectivity index is 2.66. The smallest absolute Gasteiger partial charge is 0.265 e. The van der Waals surface area contributed by atoms with Crippen molar-refractivity contribution in [1.82, 2.24) is 14.9 Å². The van der Waals surface area contributed by atoms with E-state index in [9.17, 15) is 4.79 Å². The fourth-order valence-electron chi connectivity index (χ4n) is 1.46. The maximum Gasteiger partial charge on any atom is 0.265 e. The van der Waals surface area contributed by atoms with E-state index in [2.05, 4.69) is 14.9 Å². The summed E-state index contributed by atoms with van der Waals surface area (Å²) < 4.78 is 13.9. The van der Waals surface area contributed by atoms with Crippen molar-refractivity contribution >= 4 is 17.4 Å². The van der Waals surface area contributed by atoms with Gasteiger partial charge in [-0.15, -0.1) is 5.10 Å². The molecule has 0 aromatic carbocycles. The van der Waals surface area contributed by atoms with Crippen molar-refractivity contribution in [1.29, 1.82) is 0 Å². The van der Waals surface area contributed by atoms with E-state index in [0.717, 1.165) is 11.5 Å². The molecule has 0 aliphatic rings. The molecule has 1 rings (SSSR count). The van der Waals surface area contributed by atoms with Crippen molar-refractivity contribution in [3.8, 4) is 0 Å². The molecule has 7 heteroatoms. The number of rotatable bonds is 6. The van der Waals surface area contributed by atoms with Crippen molar-refractivity contribution in [2.45, 2.75) is 32.6 Å². The normalized spacial score (nSPS) is 12.8. The Morgan fingerprint density at radius 1 is 1.47 bits per heavy atom. The highest BCUT2D eigenvalue weighted by atomic mass is 32.1. The molecule has 1 N–H and O–H groups in total. The number of hydrogen-bond donors (Lipinski definition) is 1. The van der Waals surface area contributed by atoms with Gasteiger partial charge < -0.3 is 14.8 Å². The summed E-state index contributed by atoms with van der Waals surface area (Å²) in [5.74, 6) is -0.191. The lowest BCUT2D eigenvalue weighted by atomic mass is 10.2. The van der Waals surface area contributed by atoms with Crippen LogP contribution in [0.2, 0.25) is 0 Å². The van der Waals surface area contributed by atoms with Crippen molar-refractivity contribution in [2.75, 3.05) is 14.2 Å². The predicted octanol–water partition coefficient (Wildman–Crippen LogP) is 0.838. The standard InChI is InChI=1S/C10H17N3O3S/c1-5-7-8(17-13-12-7)9(14)11-6(2)10(15-3)16-4/h6,10H,5H2,1-4H3,(H,11,14). The second-order valence-electron chi connectivity index (χ2n) is 3.50. The van der Waals surface area contributed by atoms with E-state index in [4.69, 9.17) is 9.47 Å². The Morgan fingerprint density at radius 3 is 2.65 bits per heavy atom. The number of aryl methyl sites for hydroxylation is 1. The quantitative estimate of drug-likeness (QED) is 0.766. The van der Waals surface area contributed by atoms with Crippen LogP contribution in [-0.4, -0.2) is 42.0 Å². The molecule has 1 aromatic rings. The highest BCUT2D eigenvalue weighted by Gasteiger charge is 2.21. The van der Waals surface area contributed by atoms with E-state index in [0.29, 0.717) is 17.0 Å². The van der Waals surface area contributed by atoms with Crippen LogP contribution in [0, 0.1) is 0 Å². The molecule has 0 fully saturated rings. The maximum atomic E-state index is 11.9. The SMILES string of the molecule is CCc1nnsc1C(=O)NC(C)C(OC)OC. The molecule has 0 bridgehead atoms. The highest BCUT2D eigenvalue weighted by Crippen LogP contribution is 2.11. The first-order valence-electron chi connectivity index (χ1n) is 5.31. The number of ether oxygens (including phenoxy) is 2. The number of methoxy groups -OCH3 is 2. The molecule has 0 saturated carbocycles. The Hall–Kier alpha value is -1.05. The van der Waals surface area contributed by atoms with Crippen LogP contribution in [0.25, 0.3) is 0 Å². The van der Waals surface area contributed by atoms with Gasteiger partial charge in [0.2, 0.25) is 0 Å². The predicted molar refractivity (Wildman–Crippen MR) is 64.0 cm³/mol. The second kappa shape index (κ2) is 6.63. The summed E-state index contributed by atoms with van der Waals surface area (Å²) in [6, 6.07) is -0.246. The van der Waals surface area contributed by atoms with E-state index in [1.165, 1.54) is 14.2 Å². The molecule has 0 aliphatic carbocycles. The van der Waals surface area contributed by atoms with Crippen molar-refractivity contribution in [3.05, 3.63) is 10.6 Å². The van der Waals surface area contributed by atoms with Crippen LogP contribution in [0.4, 0.5) is 0 Å². The Kier molecular flexibility index (Phi) is 5.46. The summed E-state index contributed by atoms with van der Waals surface area (Å²) >= 11 is 1.10. The van der Waals surface area contributed by atoms with E-state index in [1.807, 2.05) is 13.8 Å². The third kappa shape index (κ3) is 3.45. The number of carbonyl (C=O) groups excluding carboxylic acids is 1. The molecule has 0 spiro atoms. The number of nitrogens with one attached hydrogen (secondary N) is 1. The fraction of sp³-hybridized carbons (Fsp3) is 0.700. The van der Waals surface area contributed by atoms with Crippen LogP contribution in [-0.2, 0) is 15.9 Å². The van der Waals surface area contributed by atoms with Crippen LogP contribution in [0.3, 0.4) is 0 Å². The monoisotopic (exact) mass is 259 g/mol. The molecule has 1 aromatic heterocycles. The molecule has 0 aliphatic heterocycles. The van der Waals surface area contributed by atoms with Crippen LogP contribution in [0.1, 0.15) is 29.2 Å². The third-order valence-corrected chi connectivity index (χ3v) is 3.10. The van der Waals surface area contributed by atoms with Gasteiger partial charge in [0.1, 0.15) is 4.88 Å². The molecule has 0 saturated heterocycles. The molecule has 0 radical (unpaired) electrons. The molecule has 1 amide bonds. The van der Waals surface area contributed by atoms with Gasteiger partial charge >= 0.3 is 0 Å². The van der Waals surface area contributed by atoms with E-state index >= 15 is 0 Å². The van der Waals surface area contributed by atoms with Gasteiger partial charge in [-0.25, -0.2) is 0 Å². The average molecular weight is 259 g/mol. The lowest BCUT2D eigenvalue weighted by molar-refractivity contribution is -0.117. The van der Waals surface area contributed by atoms with Gasteiger partial charge in [0.05, 0.1) is 11.7 Å². The number of hydrogen-bond acceptors (Lipinski definition) is 6. The lowest BCUT2D eigenvalue weighted by Crippen LogP contribution is -2.42. The molecular formula is C10H17N3O3S. The van der Waals surface area contributed by atoms with E-state index < -0.39 is 6.29 Å². The van der Waals surface area contributed by atoms with Gasteiger partial charge in [0.25, 0.3) is 5.91 Å². The minimum Gasteiger partial charge on any atom is -0.354 e. The van der Waals surface area contributed by atoms with Crippen molar-refractivity contribution in [3.63, 3.8) is 0 Å². The summed E-state index contributed by atoms with van der Waals surface area (Å²) in [4.78, 5) is 12.5. The van der Waals surface area contributed by atoms with E-state index in [-0.39, 0.29) is 11.9 Å². The Bertz CT molecular complexity index is 365. The maximum absolute atomic E-state index is 11.9. The average Bonchev–Trinajstić information content (AvgIpc) is 2.78. The molecule has 6 nitrogen and oxygen atoms in total. The summed E-state index contributed by atoms with van der Waals surface area (Å²) in [6.45, 7) is 3.75. The summed E-state index contributed by atoms with van der Waals surface area (Å²) in [7, 11) is 3.06. The van der Waals surface area contributed by atoms with Gasteiger partial charge in [-0.1, -0.05) is 11.4 Å². The molecule has 96 valence electrons. The lowest BCUT2D eigenvalue weighted by Gasteiger charge is -2.21. The number of aromatic nitrogens is 2. The first kappa shape index (κ1) is 14.0. The van der Waals surface area contributed by atoms with Gasteiger partial charge in [0, 0.05) is 14.2 Å². The Labute approximate surface area is 104 Å². The number of nitrogens with zero attached hydrogens (tertiary/aromatic N) is 2. The number of carbonyl (C=O) groups is 1. The van der Waals surface area contributed by atoms with Gasteiger partial charge in [-0.05, 0) is 24.9 Å². The molecule has 1 atom stereocenters. The fourth-order valence-corrected chi connectivity index (χ4v) is 2.11. The van der Waals surface area contributed by atoms with Crippen LogP contribution < -0.4 is 5.32 Å².